The number of aromatic amines is 2. The third-order valence-electron chi connectivity index (χ3n) is 5.09. The van der Waals surface area contributed by atoms with E-state index in [1.807, 2.05) is 0 Å². The molecule has 4 aromatic heterocycles. The van der Waals surface area contributed by atoms with E-state index in [2.05, 4.69) is 57.0 Å². The molecule has 0 bridgehead atoms. The van der Waals surface area contributed by atoms with Gasteiger partial charge in [-0.1, -0.05) is 11.6 Å². The van der Waals surface area contributed by atoms with E-state index in [0.717, 1.165) is 17.6 Å². The summed E-state index contributed by atoms with van der Waals surface area (Å²) in [7, 11) is 0. The number of H-pyrrole nitrogens is 2. The van der Waals surface area contributed by atoms with Crippen LogP contribution < -0.4 is 10.3 Å². The Kier molecular flexibility index (Phi) is 4.55. The Morgan fingerprint density at radius 1 is 1.17 bits per heavy atom. The van der Waals surface area contributed by atoms with E-state index >= 15 is 0 Å². The summed E-state index contributed by atoms with van der Waals surface area (Å²) in [6.07, 6.45) is 2.31. The lowest BCUT2D eigenvalue weighted by Crippen LogP contribution is -2.10. The quantitative estimate of drug-likeness (QED) is 0.448. The van der Waals surface area contributed by atoms with Crippen molar-refractivity contribution in [2.75, 3.05) is 6.61 Å². The topological polar surface area (TPSA) is 96.5 Å². The number of hydrogen-bond donors (Lipinski definition) is 2. The minimum absolute atomic E-state index is 0.239. The molecule has 5 aromatic rings. The van der Waals surface area contributed by atoms with E-state index in [0.29, 0.717) is 34.2 Å². The molecule has 30 heavy (non-hydrogen) atoms. The fraction of sp³-hybridized carbons (Fsp3) is 0.182. The summed E-state index contributed by atoms with van der Waals surface area (Å²) in [5, 5.41) is 1.22. The smallest absolute Gasteiger partial charge is 0.259 e. The number of aryl methyl sites for hydroxylation is 2. The number of fused-ring (bicyclic) bond motifs is 2. The van der Waals surface area contributed by atoms with Gasteiger partial charge < -0.3 is 14.7 Å². The molecule has 2 N–H and O–H groups in total. The summed E-state index contributed by atoms with van der Waals surface area (Å²) in [5.74, 6) is 0.732. The number of nitrogens with one attached hydrogen (secondary N) is 2. The zero-order valence-electron chi connectivity index (χ0n) is 16.5. The molecule has 5 rings (SSSR count). The average Bonchev–Trinajstić information content (AvgIpc) is 3.33. The number of benzene rings is 1. The first-order chi connectivity index (χ1) is 14.6. The van der Waals surface area contributed by atoms with Crippen LogP contribution in [0.4, 0.5) is 0 Å². The Morgan fingerprint density at radius 2 is 2.07 bits per heavy atom. The molecule has 0 saturated carbocycles. The Labute approximate surface area is 175 Å². The van der Waals surface area contributed by atoms with Gasteiger partial charge in [-0.3, -0.25) is 4.79 Å². The summed E-state index contributed by atoms with van der Waals surface area (Å²) >= 11 is 1.39. The highest BCUT2D eigenvalue weighted by atomic mass is 32.1. The minimum Gasteiger partial charge on any atom is -0.476 e. The number of nitrogens with zero attached hydrogens (tertiary/aromatic N) is 3. The summed E-state index contributed by atoms with van der Waals surface area (Å²) in [6, 6.07) is 9.85. The van der Waals surface area contributed by atoms with Gasteiger partial charge in [-0.05, 0) is 43.7 Å². The van der Waals surface area contributed by atoms with Crippen LogP contribution in [0.5, 0.6) is 5.88 Å². The molecule has 0 aliphatic carbocycles. The number of thiazole rings is 1. The van der Waals surface area contributed by atoms with Gasteiger partial charge in [0, 0.05) is 29.2 Å². The van der Waals surface area contributed by atoms with E-state index in [-0.39, 0.29) is 5.56 Å². The monoisotopic (exact) mass is 417 g/mol. The fourth-order valence-corrected chi connectivity index (χ4v) is 4.27. The van der Waals surface area contributed by atoms with E-state index in [1.165, 1.54) is 27.8 Å². The van der Waals surface area contributed by atoms with Crippen LogP contribution in [-0.2, 0) is 6.42 Å². The number of pyridine rings is 1. The first kappa shape index (κ1) is 18.5. The minimum atomic E-state index is -0.239. The largest absolute Gasteiger partial charge is 0.476 e. The van der Waals surface area contributed by atoms with Crippen molar-refractivity contribution in [1.29, 1.82) is 0 Å². The van der Waals surface area contributed by atoms with Gasteiger partial charge in [0.25, 0.3) is 5.56 Å². The summed E-state index contributed by atoms with van der Waals surface area (Å²) < 4.78 is 6.05. The van der Waals surface area contributed by atoms with Crippen molar-refractivity contribution in [1.82, 2.24) is 24.9 Å². The molecule has 0 atom stereocenters. The normalized spacial score (nSPS) is 11.4. The zero-order chi connectivity index (χ0) is 20.7. The molecule has 0 spiro atoms. The van der Waals surface area contributed by atoms with Crippen molar-refractivity contribution in [3.05, 3.63) is 69.2 Å². The Balaban J connectivity index is 1.46. The van der Waals surface area contributed by atoms with Crippen LogP contribution in [-0.4, -0.2) is 31.5 Å². The van der Waals surface area contributed by atoms with E-state index in [9.17, 15) is 4.79 Å². The van der Waals surface area contributed by atoms with Crippen molar-refractivity contribution in [3.8, 4) is 17.3 Å². The molecule has 1 aromatic carbocycles. The second-order valence-electron chi connectivity index (χ2n) is 7.15. The standard InChI is InChI=1S/C22H19N5O2S/c1-12-5-6-17-16(10-12)14(13(2)25-17)7-9-29-21-18-22(30-11-24-18)27-19(26-21)15-4-3-8-23-20(15)28/h3-6,8,10-11,25H,7,9H2,1-2H3,(H,23,28). The predicted octanol–water partition coefficient (Wildman–Crippen LogP) is 4.16. The highest BCUT2D eigenvalue weighted by molar-refractivity contribution is 7.16. The Bertz CT molecular complexity index is 1430. The van der Waals surface area contributed by atoms with E-state index < -0.39 is 0 Å². The molecule has 0 aliphatic rings. The molecule has 7 nitrogen and oxygen atoms in total. The molecular formula is C22H19N5O2S. The average molecular weight is 417 g/mol. The lowest BCUT2D eigenvalue weighted by atomic mass is 10.1. The van der Waals surface area contributed by atoms with E-state index in [1.54, 1.807) is 23.8 Å². The Morgan fingerprint density at radius 3 is 2.93 bits per heavy atom. The van der Waals surface area contributed by atoms with Crippen molar-refractivity contribution in [2.24, 2.45) is 0 Å². The molecule has 0 fully saturated rings. The first-order valence-corrected chi connectivity index (χ1v) is 10.5. The van der Waals surface area contributed by atoms with Crippen LogP contribution in [0.1, 0.15) is 16.8 Å². The number of ether oxygens (including phenoxy) is 1. The molecule has 0 radical (unpaired) electrons. The van der Waals surface area contributed by atoms with Crippen LogP contribution in [0.25, 0.3) is 32.6 Å². The van der Waals surface area contributed by atoms with Crippen molar-refractivity contribution < 1.29 is 4.74 Å². The maximum atomic E-state index is 12.2. The maximum absolute atomic E-state index is 12.2. The van der Waals surface area contributed by atoms with Gasteiger partial charge in [-0.2, -0.15) is 4.98 Å². The van der Waals surface area contributed by atoms with Crippen molar-refractivity contribution in [3.63, 3.8) is 0 Å². The van der Waals surface area contributed by atoms with Gasteiger partial charge in [0.1, 0.15) is 0 Å². The molecule has 4 heterocycles. The summed E-state index contributed by atoms with van der Waals surface area (Å²) in [4.78, 5) is 32.3. The fourth-order valence-electron chi connectivity index (χ4n) is 3.62. The second kappa shape index (κ2) is 7.38. The third kappa shape index (κ3) is 3.25. The molecule has 0 unspecified atom stereocenters. The Hall–Kier alpha value is -3.52. The van der Waals surface area contributed by atoms with Gasteiger partial charge in [0.2, 0.25) is 5.88 Å². The second-order valence-corrected chi connectivity index (χ2v) is 7.98. The van der Waals surface area contributed by atoms with Gasteiger partial charge >= 0.3 is 0 Å². The van der Waals surface area contributed by atoms with Gasteiger partial charge in [-0.15, -0.1) is 11.3 Å². The molecule has 150 valence electrons. The highest BCUT2D eigenvalue weighted by Crippen LogP contribution is 2.28. The SMILES string of the molecule is Cc1ccc2[nH]c(C)c(CCOc3nc(-c4ccc[nH]c4=O)nc4scnc34)c2c1. The zero-order valence-corrected chi connectivity index (χ0v) is 17.3. The summed E-state index contributed by atoms with van der Waals surface area (Å²) in [5.41, 5.74) is 7.20. The molecule has 0 saturated heterocycles. The van der Waals surface area contributed by atoms with Crippen LogP contribution in [0.15, 0.2) is 46.8 Å². The van der Waals surface area contributed by atoms with Crippen LogP contribution >= 0.6 is 11.3 Å². The number of rotatable bonds is 5. The lowest BCUT2D eigenvalue weighted by molar-refractivity contribution is 0.313. The van der Waals surface area contributed by atoms with Gasteiger partial charge in [-0.25, -0.2) is 9.97 Å². The summed E-state index contributed by atoms with van der Waals surface area (Å²) in [6.45, 7) is 4.61. The number of aromatic nitrogens is 5. The van der Waals surface area contributed by atoms with Crippen molar-refractivity contribution in [2.45, 2.75) is 20.3 Å². The molecular weight excluding hydrogens is 398 g/mol. The van der Waals surface area contributed by atoms with Crippen molar-refractivity contribution >= 4 is 32.6 Å². The first-order valence-electron chi connectivity index (χ1n) is 9.60. The van der Waals surface area contributed by atoms with Crippen LogP contribution in [0.3, 0.4) is 0 Å². The third-order valence-corrected chi connectivity index (χ3v) is 5.81. The molecule has 8 heteroatoms. The molecule has 0 aliphatic heterocycles. The van der Waals surface area contributed by atoms with Crippen LogP contribution in [0.2, 0.25) is 0 Å². The predicted molar refractivity (Wildman–Crippen MR) is 118 cm³/mol. The highest BCUT2D eigenvalue weighted by Gasteiger charge is 2.16. The van der Waals surface area contributed by atoms with Gasteiger partial charge in [0.05, 0.1) is 17.7 Å². The molecule has 0 amide bonds. The van der Waals surface area contributed by atoms with Gasteiger partial charge in [0.15, 0.2) is 16.2 Å². The lowest BCUT2D eigenvalue weighted by Gasteiger charge is -2.08. The van der Waals surface area contributed by atoms with E-state index in [4.69, 9.17) is 4.74 Å². The maximum Gasteiger partial charge on any atom is 0.259 e. The van der Waals surface area contributed by atoms with Crippen LogP contribution in [0, 0.1) is 13.8 Å². The number of hydrogen-bond acceptors (Lipinski definition) is 6.